The maximum atomic E-state index is 5.86. The molecule has 0 aliphatic carbocycles. The Morgan fingerprint density at radius 2 is 1.94 bits per heavy atom. The number of nitrogens with zero attached hydrogens (tertiary/aromatic N) is 1. The molecule has 96 valence electrons. The predicted molar refractivity (Wildman–Crippen MR) is 72.3 cm³/mol. The van der Waals surface area contributed by atoms with Gasteiger partial charge in [0, 0.05) is 25.2 Å². The van der Waals surface area contributed by atoms with E-state index in [1.807, 2.05) is 24.3 Å². The van der Waals surface area contributed by atoms with Gasteiger partial charge in [-0.25, -0.2) is 0 Å². The van der Waals surface area contributed by atoms with Crippen molar-refractivity contribution in [2.24, 2.45) is 5.73 Å². The first kappa shape index (κ1) is 14.5. The highest BCUT2D eigenvalue weighted by Crippen LogP contribution is 2.17. The quantitative estimate of drug-likeness (QED) is 0.848. The van der Waals surface area contributed by atoms with Gasteiger partial charge >= 0.3 is 0 Å². The summed E-state index contributed by atoms with van der Waals surface area (Å²) in [6.45, 7) is 4.11. The van der Waals surface area contributed by atoms with Gasteiger partial charge in [0.1, 0.15) is 0 Å². The summed E-state index contributed by atoms with van der Waals surface area (Å²) in [7, 11) is 3.75. The molecule has 0 heterocycles. The van der Waals surface area contributed by atoms with Gasteiger partial charge in [0.2, 0.25) is 0 Å². The van der Waals surface area contributed by atoms with Crippen LogP contribution in [0.1, 0.15) is 12.5 Å². The Balaban J connectivity index is 2.69. The van der Waals surface area contributed by atoms with E-state index >= 15 is 0 Å². The van der Waals surface area contributed by atoms with E-state index in [2.05, 4.69) is 18.9 Å². The van der Waals surface area contributed by atoms with Gasteiger partial charge in [-0.3, -0.25) is 4.90 Å². The molecular formula is C13H21ClN2O. The van der Waals surface area contributed by atoms with Crippen LogP contribution < -0.4 is 5.73 Å². The van der Waals surface area contributed by atoms with Crippen molar-refractivity contribution >= 4 is 11.6 Å². The van der Waals surface area contributed by atoms with Crippen LogP contribution >= 0.6 is 11.6 Å². The summed E-state index contributed by atoms with van der Waals surface area (Å²) in [5.41, 5.74) is 6.90. The molecule has 1 aromatic carbocycles. The van der Waals surface area contributed by atoms with Crippen molar-refractivity contribution in [3.63, 3.8) is 0 Å². The number of likely N-dealkylation sites (N-methyl/N-ethyl adjacent to an activating group) is 1. The standard InChI is InChI=1S/C13H21ClN2O/c1-13(9-15,10-17-3)16(2)8-11-4-6-12(14)7-5-11/h4-7H,8-10,15H2,1-3H3. The van der Waals surface area contributed by atoms with Crippen LogP contribution in [0.4, 0.5) is 0 Å². The lowest BCUT2D eigenvalue weighted by molar-refractivity contribution is 0.0391. The Kier molecular flexibility index (Phi) is 5.40. The van der Waals surface area contributed by atoms with E-state index in [1.165, 1.54) is 5.56 Å². The third kappa shape index (κ3) is 3.96. The smallest absolute Gasteiger partial charge is 0.0656 e. The van der Waals surface area contributed by atoms with Crippen LogP contribution in [0.3, 0.4) is 0 Å². The van der Waals surface area contributed by atoms with Crippen LogP contribution in [-0.2, 0) is 11.3 Å². The van der Waals surface area contributed by atoms with Crippen LogP contribution in [0.2, 0.25) is 5.02 Å². The molecule has 0 bridgehead atoms. The Hall–Kier alpha value is -0.610. The highest BCUT2D eigenvalue weighted by atomic mass is 35.5. The fourth-order valence-electron chi connectivity index (χ4n) is 1.69. The van der Waals surface area contributed by atoms with Gasteiger partial charge in [0.15, 0.2) is 0 Å². The third-order valence-corrected chi connectivity index (χ3v) is 3.40. The second-order valence-corrected chi connectivity index (χ2v) is 5.05. The first-order valence-corrected chi connectivity index (χ1v) is 6.04. The van der Waals surface area contributed by atoms with Gasteiger partial charge in [0.25, 0.3) is 0 Å². The molecule has 0 spiro atoms. The van der Waals surface area contributed by atoms with E-state index in [0.717, 1.165) is 11.6 Å². The Morgan fingerprint density at radius 1 is 1.35 bits per heavy atom. The summed E-state index contributed by atoms with van der Waals surface area (Å²) < 4.78 is 5.23. The Labute approximate surface area is 109 Å². The number of rotatable bonds is 6. The zero-order valence-electron chi connectivity index (χ0n) is 10.7. The van der Waals surface area contributed by atoms with Gasteiger partial charge in [-0.15, -0.1) is 0 Å². The summed E-state index contributed by atoms with van der Waals surface area (Å²) in [5.74, 6) is 0. The van der Waals surface area contributed by atoms with Crippen molar-refractivity contribution < 1.29 is 4.74 Å². The molecule has 0 saturated heterocycles. The van der Waals surface area contributed by atoms with Crippen molar-refractivity contribution in [3.05, 3.63) is 34.9 Å². The van der Waals surface area contributed by atoms with E-state index in [4.69, 9.17) is 22.1 Å². The highest BCUT2D eigenvalue weighted by Gasteiger charge is 2.27. The predicted octanol–water partition coefficient (Wildman–Crippen LogP) is 2.14. The summed E-state index contributed by atoms with van der Waals surface area (Å²) in [6.07, 6.45) is 0. The topological polar surface area (TPSA) is 38.5 Å². The van der Waals surface area contributed by atoms with Crippen molar-refractivity contribution in [2.75, 3.05) is 27.3 Å². The van der Waals surface area contributed by atoms with E-state index in [-0.39, 0.29) is 5.54 Å². The van der Waals surface area contributed by atoms with Crippen molar-refractivity contribution in [3.8, 4) is 0 Å². The second-order valence-electron chi connectivity index (χ2n) is 4.62. The summed E-state index contributed by atoms with van der Waals surface area (Å²) in [4.78, 5) is 2.21. The largest absolute Gasteiger partial charge is 0.383 e. The van der Waals surface area contributed by atoms with Crippen molar-refractivity contribution in [1.82, 2.24) is 4.90 Å². The molecule has 1 aromatic rings. The van der Waals surface area contributed by atoms with Crippen molar-refractivity contribution in [2.45, 2.75) is 19.0 Å². The number of hydrogen-bond acceptors (Lipinski definition) is 3. The minimum Gasteiger partial charge on any atom is -0.383 e. The normalized spacial score (nSPS) is 14.9. The van der Waals surface area contributed by atoms with Gasteiger partial charge in [-0.2, -0.15) is 0 Å². The van der Waals surface area contributed by atoms with Crippen LogP contribution in [0.15, 0.2) is 24.3 Å². The van der Waals surface area contributed by atoms with E-state index in [0.29, 0.717) is 13.2 Å². The number of halogens is 1. The van der Waals surface area contributed by atoms with Crippen LogP contribution in [0, 0.1) is 0 Å². The molecule has 0 aliphatic rings. The lowest BCUT2D eigenvalue weighted by Crippen LogP contribution is -2.52. The van der Waals surface area contributed by atoms with Gasteiger partial charge < -0.3 is 10.5 Å². The lowest BCUT2D eigenvalue weighted by Gasteiger charge is -2.37. The molecule has 1 rings (SSSR count). The zero-order chi connectivity index (χ0) is 12.9. The Morgan fingerprint density at radius 3 is 2.41 bits per heavy atom. The number of hydrogen-bond donors (Lipinski definition) is 1. The lowest BCUT2D eigenvalue weighted by atomic mass is 10.0. The molecule has 1 atom stereocenters. The molecule has 17 heavy (non-hydrogen) atoms. The average molecular weight is 257 g/mol. The second kappa shape index (κ2) is 6.36. The first-order valence-electron chi connectivity index (χ1n) is 5.66. The Bertz CT molecular complexity index is 342. The third-order valence-electron chi connectivity index (χ3n) is 3.15. The maximum Gasteiger partial charge on any atom is 0.0656 e. The highest BCUT2D eigenvalue weighted by molar-refractivity contribution is 6.30. The molecule has 2 N–H and O–H groups in total. The summed E-state index contributed by atoms with van der Waals surface area (Å²) in [6, 6.07) is 7.87. The van der Waals surface area contributed by atoms with Gasteiger partial charge in [-0.05, 0) is 31.7 Å². The van der Waals surface area contributed by atoms with Crippen LogP contribution in [0.25, 0.3) is 0 Å². The van der Waals surface area contributed by atoms with Crippen LogP contribution in [0.5, 0.6) is 0 Å². The molecule has 0 fully saturated rings. The zero-order valence-corrected chi connectivity index (χ0v) is 11.5. The SMILES string of the molecule is COCC(C)(CN)N(C)Cc1ccc(Cl)cc1. The maximum absolute atomic E-state index is 5.86. The van der Waals surface area contributed by atoms with E-state index in [9.17, 15) is 0 Å². The molecule has 0 aromatic heterocycles. The van der Waals surface area contributed by atoms with E-state index in [1.54, 1.807) is 7.11 Å². The summed E-state index contributed by atoms with van der Waals surface area (Å²) >= 11 is 5.86. The number of methoxy groups -OCH3 is 1. The van der Waals surface area contributed by atoms with Gasteiger partial charge in [0.05, 0.1) is 12.1 Å². The summed E-state index contributed by atoms with van der Waals surface area (Å²) in [5, 5.41) is 0.759. The molecule has 4 heteroatoms. The molecule has 0 amide bonds. The minimum atomic E-state index is -0.144. The molecule has 0 radical (unpaired) electrons. The molecule has 1 unspecified atom stereocenters. The molecule has 3 nitrogen and oxygen atoms in total. The average Bonchev–Trinajstić information content (AvgIpc) is 2.32. The number of ether oxygens (including phenoxy) is 1. The fraction of sp³-hybridized carbons (Fsp3) is 0.538. The minimum absolute atomic E-state index is 0.144. The fourth-order valence-corrected chi connectivity index (χ4v) is 1.82. The number of benzene rings is 1. The monoisotopic (exact) mass is 256 g/mol. The van der Waals surface area contributed by atoms with E-state index < -0.39 is 0 Å². The van der Waals surface area contributed by atoms with Gasteiger partial charge in [-0.1, -0.05) is 23.7 Å². The molecular weight excluding hydrogens is 236 g/mol. The first-order chi connectivity index (χ1) is 8.01. The van der Waals surface area contributed by atoms with Crippen LogP contribution in [-0.4, -0.2) is 37.7 Å². The molecule has 0 saturated carbocycles. The number of nitrogens with two attached hydrogens (primary N) is 1. The van der Waals surface area contributed by atoms with Crippen molar-refractivity contribution in [1.29, 1.82) is 0 Å². The molecule has 0 aliphatic heterocycles.